The molecule has 0 saturated carbocycles. The van der Waals surface area contributed by atoms with E-state index in [1.54, 1.807) is 13.3 Å². The molecule has 0 saturated heterocycles. The van der Waals surface area contributed by atoms with Gasteiger partial charge in [-0.15, -0.1) is 0 Å². The molecule has 0 bridgehead atoms. The Bertz CT molecular complexity index is 364. The first kappa shape index (κ1) is 32.3. The van der Waals surface area contributed by atoms with Crippen LogP contribution in [0.4, 0.5) is 0 Å². The van der Waals surface area contributed by atoms with E-state index >= 15 is 0 Å². The van der Waals surface area contributed by atoms with Crippen LogP contribution in [0.15, 0.2) is 10.2 Å². The van der Waals surface area contributed by atoms with Gasteiger partial charge < -0.3 is 0 Å². The van der Waals surface area contributed by atoms with Crippen molar-refractivity contribution in [2.75, 3.05) is 6.61 Å². The van der Waals surface area contributed by atoms with E-state index in [-0.39, 0.29) is 0 Å². The quantitative estimate of drug-likeness (QED) is 0.0790. The third kappa shape index (κ3) is 15.8. The summed E-state index contributed by atoms with van der Waals surface area (Å²) in [5.74, 6) is 0. The molecule has 31 heavy (non-hydrogen) atoms. The van der Waals surface area contributed by atoms with Gasteiger partial charge in [-0.2, -0.15) is 0 Å². The topological polar surface area (TPSA) is 9.23 Å². The zero-order valence-electron chi connectivity index (χ0n) is 22.7. The van der Waals surface area contributed by atoms with E-state index in [1.807, 2.05) is 0 Å². The first-order valence-electron chi connectivity index (χ1n) is 14.4. The van der Waals surface area contributed by atoms with Crippen LogP contribution < -0.4 is 0 Å². The van der Waals surface area contributed by atoms with Crippen LogP contribution >= 0.6 is 0 Å². The van der Waals surface area contributed by atoms with Gasteiger partial charge >= 0.3 is 209 Å². The standard InChI is InChI=1S/C4H6O.6C4H9.2Sn/c1-2-3-4-5;6*1-3-4-2;;/h1-2H,3-4H2;6*1,3-4H2,2H3;;/q-1;;;;;;;;+1. The monoisotopic (exact) mass is 652 g/mol. The van der Waals surface area contributed by atoms with Crippen molar-refractivity contribution in [3.8, 4) is 0 Å². The van der Waals surface area contributed by atoms with E-state index in [9.17, 15) is 0 Å². The number of unbranched alkanes of at least 4 members (excludes halogenated alkanes) is 6. The maximum absolute atomic E-state index is 6.98. The summed E-state index contributed by atoms with van der Waals surface area (Å²) in [5, 5.41) is 0. The predicted molar refractivity (Wildman–Crippen MR) is 150 cm³/mol. The molecule has 0 atom stereocenters. The Morgan fingerprint density at radius 3 is 1.23 bits per heavy atom. The Hall–Kier alpha value is 1.30. The van der Waals surface area contributed by atoms with Crippen molar-refractivity contribution in [2.45, 2.75) is 152 Å². The first-order chi connectivity index (χ1) is 15.1. The summed E-state index contributed by atoms with van der Waals surface area (Å²) in [5.41, 5.74) is 0. The average Bonchev–Trinajstić information content (AvgIpc) is 2.80. The fourth-order valence-electron chi connectivity index (χ4n) is 4.98. The second-order valence-corrected chi connectivity index (χ2v) is 35.1. The molecular formula is C28H60OSn2. The molecule has 0 aliphatic heterocycles. The summed E-state index contributed by atoms with van der Waals surface area (Å²) >= 11 is -4.50. The maximum atomic E-state index is 6.98. The molecular weight excluding hydrogens is 590 g/mol. The van der Waals surface area contributed by atoms with Gasteiger partial charge in [0.1, 0.15) is 0 Å². The second kappa shape index (κ2) is 21.8. The summed E-state index contributed by atoms with van der Waals surface area (Å²) in [7, 11) is 0. The zero-order valence-corrected chi connectivity index (χ0v) is 28.4. The predicted octanol–water partition coefficient (Wildman–Crippen LogP) is 10.7. The summed E-state index contributed by atoms with van der Waals surface area (Å²) in [6.45, 7) is 15.2. The molecule has 1 nitrogen and oxygen atoms in total. The molecule has 0 aromatic rings. The van der Waals surface area contributed by atoms with Crippen LogP contribution in [-0.2, 0) is 3.07 Å². The van der Waals surface area contributed by atoms with Gasteiger partial charge in [-0.05, 0) is 0 Å². The molecule has 0 aromatic carbocycles. The minimum atomic E-state index is -2.40. The Morgan fingerprint density at radius 2 is 0.871 bits per heavy atom. The minimum absolute atomic E-state index is 1.03. The normalized spacial score (nSPS) is 12.8. The van der Waals surface area contributed by atoms with Crippen molar-refractivity contribution >= 4 is 37.2 Å². The molecule has 186 valence electrons. The van der Waals surface area contributed by atoms with Gasteiger partial charge in [0.25, 0.3) is 0 Å². The third-order valence-electron chi connectivity index (χ3n) is 7.21. The van der Waals surface area contributed by atoms with Crippen molar-refractivity contribution < 1.29 is 3.07 Å². The van der Waals surface area contributed by atoms with Crippen molar-refractivity contribution in [1.82, 2.24) is 0 Å². The third-order valence-corrected chi connectivity index (χ3v) is 34.6. The molecule has 0 amide bonds. The molecule has 0 heterocycles. The summed E-state index contributed by atoms with van der Waals surface area (Å²) in [6.07, 6.45) is 20.6. The van der Waals surface area contributed by atoms with Gasteiger partial charge in [0.15, 0.2) is 0 Å². The molecule has 0 rings (SSSR count). The van der Waals surface area contributed by atoms with Crippen LogP contribution in [0.1, 0.15) is 125 Å². The van der Waals surface area contributed by atoms with Crippen molar-refractivity contribution in [3.63, 3.8) is 0 Å². The van der Waals surface area contributed by atoms with Crippen molar-refractivity contribution in [2.24, 2.45) is 0 Å². The molecule has 0 aliphatic rings. The number of hydrogen-bond acceptors (Lipinski definition) is 1. The SMILES string of the molecule is CCC[CH2][Sn]([CH]=CCC[O][Sn]([CH2]CCC)([CH2]CCC)[CH2]CCC)([CH2]CCC)[CH2]CCC. The summed E-state index contributed by atoms with van der Waals surface area (Å²) in [6, 6.07) is 0. The van der Waals surface area contributed by atoms with E-state index in [1.165, 1.54) is 96.8 Å². The zero-order chi connectivity index (χ0) is 23.3. The Balaban J connectivity index is 5.08. The number of hydrogen-bond donors (Lipinski definition) is 0. The van der Waals surface area contributed by atoms with Crippen LogP contribution in [0, 0.1) is 0 Å². The van der Waals surface area contributed by atoms with Gasteiger partial charge in [-0.3, -0.25) is 0 Å². The van der Waals surface area contributed by atoms with Crippen LogP contribution in [0.5, 0.6) is 0 Å². The molecule has 0 spiro atoms. The molecule has 0 radical (unpaired) electrons. The fraction of sp³-hybridized carbons (Fsp3) is 0.929. The van der Waals surface area contributed by atoms with Crippen molar-refractivity contribution in [1.29, 1.82) is 0 Å². The molecule has 0 unspecified atom stereocenters. The van der Waals surface area contributed by atoms with Crippen LogP contribution in [-0.4, -0.2) is 43.8 Å². The Morgan fingerprint density at radius 1 is 0.516 bits per heavy atom. The average molecular weight is 650 g/mol. The van der Waals surface area contributed by atoms with Crippen LogP contribution in [0.25, 0.3) is 0 Å². The molecule has 0 aliphatic carbocycles. The number of rotatable bonds is 23. The fourth-order valence-corrected chi connectivity index (χ4v) is 33.0. The van der Waals surface area contributed by atoms with Gasteiger partial charge in [0.2, 0.25) is 0 Å². The molecule has 0 aromatic heterocycles. The van der Waals surface area contributed by atoms with E-state index in [0.717, 1.165) is 6.61 Å². The van der Waals surface area contributed by atoms with Crippen molar-refractivity contribution in [3.05, 3.63) is 10.2 Å². The first-order valence-corrected chi connectivity index (χ1v) is 29.3. The second-order valence-electron chi connectivity index (χ2n) is 10.2. The molecule has 3 heteroatoms. The van der Waals surface area contributed by atoms with E-state index < -0.39 is 37.2 Å². The van der Waals surface area contributed by atoms with Gasteiger partial charge in [-0.1, -0.05) is 0 Å². The molecule has 0 fully saturated rings. The van der Waals surface area contributed by atoms with E-state index in [4.69, 9.17) is 3.07 Å². The Kier molecular flexibility index (Phi) is 22.7. The van der Waals surface area contributed by atoms with Gasteiger partial charge in [0, 0.05) is 0 Å². The summed E-state index contributed by atoms with van der Waals surface area (Å²) < 4.78 is 19.0. The van der Waals surface area contributed by atoms with E-state index in [0.29, 0.717) is 0 Å². The Labute approximate surface area is 207 Å². The molecule has 0 N–H and O–H groups in total. The van der Waals surface area contributed by atoms with E-state index in [2.05, 4.69) is 51.7 Å². The van der Waals surface area contributed by atoms with Crippen LogP contribution in [0.2, 0.25) is 26.6 Å². The van der Waals surface area contributed by atoms with Gasteiger partial charge in [-0.25, -0.2) is 0 Å². The van der Waals surface area contributed by atoms with Gasteiger partial charge in [0.05, 0.1) is 0 Å². The van der Waals surface area contributed by atoms with Crippen LogP contribution in [0.3, 0.4) is 0 Å². The summed E-state index contributed by atoms with van der Waals surface area (Å²) in [4.78, 5) is 0.